The largest absolute Gasteiger partial charge is 0.365 e. The molecule has 26 heavy (non-hydrogen) atoms. The van der Waals surface area contributed by atoms with Crippen molar-refractivity contribution in [1.82, 2.24) is 9.97 Å². The molecule has 3 atom stereocenters. The minimum Gasteiger partial charge on any atom is -0.365 e. The fourth-order valence-corrected chi connectivity index (χ4v) is 3.11. The maximum atomic E-state index is 14.2. The van der Waals surface area contributed by atoms with Gasteiger partial charge in [0.05, 0.1) is 6.04 Å². The summed E-state index contributed by atoms with van der Waals surface area (Å²) < 4.78 is 14.2. The Kier molecular flexibility index (Phi) is 5.32. The molecule has 0 unspecified atom stereocenters. The lowest BCUT2D eigenvalue weighted by atomic mass is 9.89. The van der Waals surface area contributed by atoms with Gasteiger partial charge in [0, 0.05) is 17.9 Å². The van der Waals surface area contributed by atoms with Crippen LogP contribution in [0.5, 0.6) is 0 Å². The minimum atomic E-state index is -1.06. The second-order valence-corrected chi connectivity index (χ2v) is 6.60. The smallest absolute Gasteiger partial charge is 0.254 e. The minimum absolute atomic E-state index is 0.154. The van der Waals surface area contributed by atoms with Gasteiger partial charge in [0.1, 0.15) is 17.6 Å². The van der Waals surface area contributed by atoms with Crippen LogP contribution in [0.25, 0.3) is 0 Å². The molecule has 1 amide bonds. The number of amides is 1. The first-order chi connectivity index (χ1) is 12.4. The summed E-state index contributed by atoms with van der Waals surface area (Å²) in [6.07, 6.45) is 2.23. The van der Waals surface area contributed by atoms with Gasteiger partial charge in [-0.3, -0.25) is 4.79 Å². The van der Waals surface area contributed by atoms with Crippen molar-refractivity contribution in [3.05, 3.63) is 41.6 Å². The number of carbonyl (C=O) groups is 1. The molecular weight excluding hydrogens is 335 g/mol. The number of carbonyl (C=O) groups excluding carboxylic acids is 1. The van der Waals surface area contributed by atoms with E-state index in [9.17, 15) is 9.18 Å². The number of halogens is 1. The number of hydrogen-bond acceptors (Lipinski definition) is 6. The summed E-state index contributed by atoms with van der Waals surface area (Å²) in [4.78, 5) is 20.1. The summed E-state index contributed by atoms with van der Waals surface area (Å²) in [6.45, 7) is 1.96. The molecule has 1 aliphatic rings. The number of nitrogens with one attached hydrogen (secondary N) is 2. The van der Waals surface area contributed by atoms with Crippen LogP contribution in [0.15, 0.2) is 30.5 Å². The Hall–Kier alpha value is -2.74. The number of aryl methyl sites for hydroxylation is 1. The highest BCUT2D eigenvalue weighted by Crippen LogP contribution is 2.25. The topological polar surface area (TPSA) is 119 Å². The number of primary amides is 1. The van der Waals surface area contributed by atoms with Gasteiger partial charge in [0.2, 0.25) is 5.95 Å². The van der Waals surface area contributed by atoms with E-state index in [0.29, 0.717) is 6.42 Å². The number of rotatable bonds is 5. The van der Waals surface area contributed by atoms with Crippen LogP contribution >= 0.6 is 0 Å². The van der Waals surface area contributed by atoms with E-state index in [1.54, 1.807) is 0 Å². The van der Waals surface area contributed by atoms with Gasteiger partial charge in [-0.2, -0.15) is 4.98 Å². The zero-order valence-electron chi connectivity index (χ0n) is 14.6. The number of hydrogen-bond donors (Lipinski definition) is 4. The van der Waals surface area contributed by atoms with E-state index < -0.39 is 18.1 Å². The number of benzene rings is 1. The molecule has 0 saturated heterocycles. The highest BCUT2D eigenvalue weighted by atomic mass is 19.1. The summed E-state index contributed by atoms with van der Waals surface area (Å²) >= 11 is 0. The third-order valence-corrected chi connectivity index (χ3v) is 4.50. The third kappa shape index (κ3) is 4.08. The van der Waals surface area contributed by atoms with Crippen molar-refractivity contribution in [2.45, 2.75) is 44.4 Å². The molecule has 1 heterocycles. The molecule has 1 saturated carbocycles. The van der Waals surface area contributed by atoms with E-state index in [1.165, 1.54) is 6.20 Å². The van der Waals surface area contributed by atoms with Gasteiger partial charge in [0.25, 0.3) is 5.91 Å². The zero-order chi connectivity index (χ0) is 18.7. The molecule has 1 aromatic heterocycles. The lowest BCUT2D eigenvalue weighted by Gasteiger charge is -2.32. The van der Waals surface area contributed by atoms with Crippen LogP contribution in [-0.2, 0) is 0 Å². The molecule has 0 aliphatic heterocycles. The molecule has 3 rings (SSSR count). The van der Waals surface area contributed by atoms with Crippen LogP contribution in [0, 0.1) is 6.92 Å². The van der Waals surface area contributed by atoms with Gasteiger partial charge < -0.3 is 22.1 Å². The van der Waals surface area contributed by atoms with E-state index in [1.807, 2.05) is 31.2 Å². The Bertz CT molecular complexity index is 789. The quantitative estimate of drug-likeness (QED) is 0.651. The first-order valence-corrected chi connectivity index (χ1v) is 8.61. The standard InChI is InChI=1S/C18H23FN6O/c1-10-4-2-5-11(8-10)23-17-12(16(21)26)9-22-18(25-17)24-15-13(19)6-3-7-14(15)20/h2,4-5,8-9,13-15H,3,6-7,20H2,1H3,(H2,21,26)(H2,22,23,24,25)/t13-,14+,15-/m1/s1. The third-order valence-electron chi connectivity index (χ3n) is 4.50. The van der Waals surface area contributed by atoms with Crippen LogP contribution in [0.4, 0.5) is 21.8 Å². The van der Waals surface area contributed by atoms with Crippen LogP contribution in [0.1, 0.15) is 35.2 Å². The van der Waals surface area contributed by atoms with Crippen LogP contribution in [-0.4, -0.2) is 34.1 Å². The molecule has 1 aliphatic carbocycles. The van der Waals surface area contributed by atoms with Gasteiger partial charge in [-0.15, -0.1) is 0 Å². The SMILES string of the molecule is Cc1cccc(Nc2nc(N[C@@H]3[C@H](F)CCC[C@@H]3N)ncc2C(N)=O)c1. The van der Waals surface area contributed by atoms with Crippen molar-refractivity contribution >= 4 is 23.4 Å². The monoisotopic (exact) mass is 358 g/mol. The molecule has 7 nitrogen and oxygen atoms in total. The number of aromatic nitrogens is 2. The lowest BCUT2D eigenvalue weighted by Crippen LogP contribution is -2.49. The second-order valence-electron chi connectivity index (χ2n) is 6.60. The molecule has 8 heteroatoms. The Balaban J connectivity index is 1.87. The normalized spacial score (nSPS) is 22.7. The molecule has 2 aromatic rings. The number of alkyl halides is 1. The van der Waals surface area contributed by atoms with Gasteiger partial charge >= 0.3 is 0 Å². The van der Waals surface area contributed by atoms with Crippen molar-refractivity contribution in [1.29, 1.82) is 0 Å². The van der Waals surface area contributed by atoms with Crippen molar-refractivity contribution in [3.63, 3.8) is 0 Å². The maximum absolute atomic E-state index is 14.2. The van der Waals surface area contributed by atoms with Crippen molar-refractivity contribution < 1.29 is 9.18 Å². The van der Waals surface area contributed by atoms with Gasteiger partial charge in [-0.25, -0.2) is 9.37 Å². The summed E-state index contributed by atoms with van der Waals surface area (Å²) in [6, 6.07) is 6.73. The summed E-state index contributed by atoms with van der Waals surface area (Å²) in [5.74, 6) is -0.181. The van der Waals surface area contributed by atoms with Gasteiger partial charge in [0.15, 0.2) is 0 Å². The van der Waals surface area contributed by atoms with E-state index in [0.717, 1.165) is 24.1 Å². The fourth-order valence-electron chi connectivity index (χ4n) is 3.11. The van der Waals surface area contributed by atoms with Gasteiger partial charge in [-0.1, -0.05) is 12.1 Å². The van der Waals surface area contributed by atoms with Gasteiger partial charge in [-0.05, 0) is 43.9 Å². The van der Waals surface area contributed by atoms with Crippen molar-refractivity contribution in [2.75, 3.05) is 10.6 Å². The van der Waals surface area contributed by atoms with E-state index in [2.05, 4.69) is 20.6 Å². The lowest BCUT2D eigenvalue weighted by molar-refractivity contribution is 0.100. The number of anilines is 3. The maximum Gasteiger partial charge on any atom is 0.254 e. The molecule has 0 spiro atoms. The van der Waals surface area contributed by atoms with Crippen LogP contribution in [0.3, 0.4) is 0 Å². The number of nitrogens with two attached hydrogens (primary N) is 2. The average Bonchev–Trinajstić information content (AvgIpc) is 2.58. The average molecular weight is 358 g/mol. The molecule has 0 bridgehead atoms. The highest BCUT2D eigenvalue weighted by molar-refractivity contribution is 5.98. The Labute approximate surface area is 151 Å². The molecular formula is C18H23FN6O. The van der Waals surface area contributed by atoms with E-state index in [-0.39, 0.29) is 23.4 Å². The zero-order valence-corrected chi connectivity index (χ0v) is 14.6. The molecule has 138 valence electrons. The van der Waals surface area contributed by atoms with Crippen LogP contribution < -0.4 is 22.1 Å². The summed E-state index contributed by atoms with van der Waals surface area (Å²) in [7, 11) is 0. The second kappa shape index (κ2) is 7.65. The van der Waals surface area contributed by atoms with E-state index in [4.69, 9.17) is 11.5 Å². The first-order valence-electron chi connectivity index (χ1n) is 8.61. The Morgan fingerprint density at radius 3 is 2.85 bits per heavy atom. The van der Waals surface area contributed by atoms with E-state index >= 15 is 0 Å². The predicted octanol–water partition coefficient (Wildman–Crippen LogP) is 2.26. The summed E-state index contributed by atoms with van der Waals surface area (Å²) in [5.41, 5.74) is 13.4. The Morgan fingerprint density at radius 1 is 1.35 bits per heavy atom. The molecule has 1 aromatic carbocycles. The highest BCUT2D eigenvalue weighted by Gasteiger charge is 2.31. The number of nitrogens with zero attached hydrogens (tertiary/aromatic N) is 2. The first kappa shape index (κ1) is 18.1. The fraction of sp³-hybridized carbons (Fsp3) is 0.389. The Morgan fingerprint density at radius 2 is 2.15 bits per heavy atom. The molecule has 0 radical (unpaired) electrons. The summed E-state index contributed by atoms with van der Waals surface area (Å²) in [5, 5.41) is 6.05. The molecule has 1 fully saturated rings. The predicted molar refractivity (Wildman–Crippen MR) is 99.1 cm³/mol. The van der Waals surface area contributed by atoms with Crippen molar-refractivity contribution in [2.24, 2.45) is 11.5 Å². The van der Waals surface area contributed by atoms with Crippen LogP contribution in [0.2, 0.25) is 0 Å². The molecule has 6 N–H and O–H groups in total. The van der Waals surface area contributed by atoms with Crippen molar-refractivity contribution in [3.8, 4) is 0 Å².